The van der Waals surface area contributed by atoms with E-state index in [9.17, 15) is 13.2 Å². The fourth-order valence-electron chi connectivity index (χ4n) is 3.15. The molecular weight excluding hydrogens is 404 g/mol. The number of carbonyl (C=O) groups is 1. The van der Waals surface area contributed by atoms with Gasteiger partial charge >= 0.3 is 0 Å². The van der Waals surface area contributed by atoms with Crippen LogP contribution < -0.4 is 14.8 Å². The molecule has 1 aliphatic heterocycles. The highest BCUT2D eigenvalue weighted by molar-refractivity contribution is 7.89. The fourth-order valence-corrected chi connectivity index (χ4v) is 4.66. The highest BCUT2D eigenvalue weighted by Gasteiger charge is 2.26. The number of carbonyl (C=O) groups excluding carboxylic acids is 1. The molecule has 1 aliphatic rings. The van der Waals surface area contributed by atoms with Gasteiger partial charge in [-0.05, 0) is 63.1 Å². The summed E-state index contributed by atoms with van der Waals surface area (Å²) in [4.78, 5) is 12.4. The van der Waals surface area contributed by atoms with E-state index in [2.05, 4.69) is 5.32 Å². The normalized spacial score (nSPS) is 15.5. The van der Waals surface area contributed by atoms with Gasteiger partial charge in [-0.2, -0.15) is 4.31 Å². The van der Waals surface area contributed by atoms with Crippen molar-refractivity contribution in [2.45, 2.75) is 37.7 Å². The highest BCUT2D eigenvalue weighted by Crippen LogP contribution is 2.22. The number of amides is 1. The molecule has 1 fully saturated rings. The van der Waals surface area contributed by atoms with Crippen molar-refractivity contribution in [2.75, 3.05) is 26.2 Å². The summed E-state index contributed by atoms with van der Waals surface area (Å²) in [6, 6.07) is 13.9. The molecule has 2 aromatic carbocycles. The quantitative estimate of drug-likeness (QED) is 0.616. The second-order valence-corrected chi connectivity index (χ2v) is 9.23. The van der Waals surface area contributed by atoms with Crippen LogP contribution in [0.4, 0.5) is 0 Å². The first-order valence-corrected chi connectivity index (χ1v) is 11.5. The number of nitrogens with one attached hydrogen (secondary N) is 1. The number of rotatable bonds is 9. The molecular formula is C22H28N2O5S. The minimum Gasteiger partial charge on any atom is -0.492 e. The topological polar surface area (TPSA) is 84.9 Å². The molecule has 1 saturated heterocycles. The Morgan fingerprint density at radius 1 is 1.03 bits per heavy atom. The van der Waals surface area contributed by atoms with E-state index in [1.807, 2.05) is 31.2 Å². The first-order valence-electron chi connectivity index (χ1n) is 10.1. The molecule has 0 aliphatic carbocycles. The predicted molar refractivity (Wildman–Crippen MR) is 114 cm³/mol. The highest BCUT2D eigenvalue weighted by atomic mass is 32.2. The van der Waals surface area contributed by atoms with E-state index in [4.69, 9.17) is 9.47 Å². The van der Waals surface area contributed by atoms with Crippen LogP contribution in [0.1, 0.15) is 25.3 Å². The van der Waals surface area contributed by atoms with Gasteiger partial charge in [-0.25, -0.2) is 8.42 Å². The number of nitrogens with zero attached hydrogens (tertiary/aromatic N) is 1. The molecule has 0 unspecified atom stereocenters. The monoisotopic (exact) mass is 432 g/mol. The number of hydrogen-bond donors (Lipinski definition) is 1. The van der Waals surface area contributed by atoms with Crippen molar-refractivity contribution in [3.63, 3.8) is 0 Å². The number of aryl methyl sites for hydroxylation is 1. The molecule has 2 aromatic rings. The zero-order chi connectivity index (χ0) is 21.6. The Balaban J connectivity index is 1.41. The molecule has 162 valence electrons. The SMILES string of the molecule is Cc1ccc(O[C@H](C)C(=O)NCCOc2ccc(S(=O)(=O)N3CCCC3)cc2)cc1. The summed E-state index contributed by atoms with van der Waals surface area (Å²) in [5.41, 5.74) is 1.12. The first kappa shape index (κ1) is 22.1. The van der Waals surface area contributed by atoms with E-state index >= 15 is 0 Å². The molecule has 1 heterocycles. The van der Waals surface area contributed by atoms with Crippen LogP contribution in [0.2, 0.25) is 0 Å². The number of hydrogen-bond acceptors (Lipinski definition) is 5. The average molecular weight is 433 g/mol. The average Bonchev–Trinajstić information content (AvgIpc) is 3.29. The Morgan fingerprint density at radius 3 is 2.27 bits per heavy atom. The van der Waals surface area contributed by atoms with Gasteiger partial charge in [0.15, 0.2) is 6.10 Å². The lowest BCUT2D eigenvalue weighted by atomic mass is 10.2. The third-order valence-corrected chi connectivity index (χ3v) is 6.81. The van der Waals surface area contributed by atoms with Crippen LogP contribution >= 0.6 is 0 Å². The van der Waals surface area contributed by atoms with Crippen molar-refractivity contribution >= 4 is 15.9 Å². The number of ether oxygens (including phenoxy) is 2. The summed E-state index contributed by atoms with van der Waals surface area (Å²) in [5.74, 6) is 0.961. The van der Waals surface area contributed by atoms with Crippen molar-refractivity contribution in [1.82, 2.24) is 9.62 Å². The van der Waals surface area contributed by atoms with Crippen molar-refractivity contribution in [3.05, 3.63) is 54.1 Å². The van der Waals surface area contributed by atoms with Crippen molar-refractivity contribution in [3.8, 4) is 11.5 Å². The van der Waals surface area contributed by atoms with Crippen LogP contribution in [0.25, 0.3) is 0 Å². The maximum Gasteiger partial charge on any atom is 0.260 e. The summed E-state index contributed by atoms with van der Waals surface area (Å²) < 4.78 is 37.8. The molecule has 8 heteroatoms. The Labute approximate surface area is 178 Å². The molecule has 3 rings (SSSR count). The number of sulfonamides is 1. The molecule has 1 atom stereocenters. The van der Waals surface area contributed by atoms with E-state index in [1.54, 1.807) is 31.2 Å². The van der Waals surface area contributed by atoms with Gasteiger partial charge in [0.2, 0.25) is 10.0 Å². The second-order valence-electron chi connectivity index (χ2n) is 7.30. The van der Waals surface area contributed by atoms with Crippen molar-refractivity contribution in [1.29, 1.82) is 0 Å². The van der Waals surface area contributed by atoms with Gasteiger partial charge < -0.3 is 14.8 Å². The summed E-state index contributed by atoms with van der Waals surface area (Å²) in [6.45, 7) is 5.41. The zero-order valence-electron chi connectivity index (χ0n) is 17.3. The lowest BCUT2D eigenvalue weighted by Crippen LogP contribution is -2.38. The molecule has 0 saturated carbocycles. The Hall–Kier alpha value is -2.58. The van der Waals surface area contributed by atoms with Crippen LogP contribution in [0.5, 0.6) is 11.5 Å². The van der Waals surface area contributed by atoms with Gasteiger partial charge in [0.05, 0.1) is 11.4 Å². The molecule has 1 amide bonds. The van der Waals surface area contributed by atoms with Gasteiger partial charge in [0, 0.05) is 13.1 Å². The molecule has 0 spiro atoms. The van der Waals surface area contributed by atoms with Gasteiger partial charge in [-0.1, -0.05) is 17.7 Å². The van der Waals surface area contributed by atoms with Crippen molar-refractivity contribution < 1.29 is 22.7 Å². The van der Waals surface area contributed by atoms with E-state index < -0.39 is 16.1 Å². The summed E-state index contributed by atoms with van der Waals surface area (Å²) in [6.07, 6.45) is 1.18. The minimum atomic E-state index is -3.42. The van der Waals surface area contributed by atoms with Gasteiger partial charge in [-0.15, -0.1) is 0 Å². The summed E-state index contributed by atoms with van der Waals surface area (Å²) >= 11 is 0. The number of benzene rings is 2. The standard InChI is InChI=1S/C22H28N2O5S/c1-17-5-7-20(8-6-17)29-18(2)22(25)23-13-16-28-19-9-11-21(12-10-19)30(26,27)24-14-3-4-15-24/h5-12,18H,3-4,13-16H2,1-2H3,(H,23,25)/t18-/m1/s1. The maximum atomic E-state index is 12.5. The lowest BCUT2D eigenvalue weighted by molar-refractivity contribution is -0.127. The van der Waals surface area contributed by atoms with E-state index in [0.29, 0.717) is 31.1 Å². The molecule has 7 nitrogen and oxygen atoms in total. The molecule has 0 aromatic heterocycles. The van der Waals surface area contributed by atoms with E-state index in [-0.39, 0.29) is 17.4 Å². The second kappa shape index (κ2) is 9.95. The Morgan fingerprint density at radius 2 is 1.63 bits per heavy atom. The fraction of sp³-hybridized carbons (Fsp3) is 0.409. The molecule has 0 bridgehead atoms. The van der Waals surface area contributed by atoms with E-state index in [0.717, 1.165) is 18.4 Å². The Bertz CT molecular complexity index is 936. The van der Waals surface area contributed by atoms with Crippen LogP contribution in [0.15, 0.2) is 53.4 Å². The van der Waals surface area contributed by atoms with Gasteiger partial charge in [0.25, 0.3) is 5.91 Å². The van der Waals surface area contributed by atoms with Gasteiger partial charge in [0.1, 0.15) is 18.1 Å². The predicted octanol–water partition coefficient (Wildman–Crippen LogP) is 2.74. The van der Waals surface area contributed by atoms with Crippen molar-refractivity contribution in [2.24, 2.45) is 0 Å². The van der Waals surface area contributed by atoms with Crippen LogP contribution in [0, 0.1) is 6.92 Å². The minimum absolute atomic E-state index is 0.230. The largest absolute Gasteiger partial charge is 0.492 e. The smallest absolute Gasteiger partial charge is 0.260 e. The molecule has 1 N–H and O–H groups in total. The zero-order valence-corrected chi connectivity index (χ0v) is 18.2. The maximum absolute atomic E-state index is 12.5. The molecule has 30 heavy (non-hydrogen) atoms. The Kier molecular flexibility index (Phi) is 7.33. The molecule has 0 radical (unpaired) electrons. The van der Waals surface area contributed by atoms with Gasteiger partial charge in [-0.3, -0.25) is 4.79 Å². The van der Waals surface area contributed by atoms with Crippen LogP contribution in [-0.2, 0) is 14.8 Å². The third kappa shape index (κ3) is 5.73. The van der Waals surface area contributed by atoms with Crippen LogP contribution in [0.3, 0.4) is 0 Å². The first-order chi connectivity index (χ1) is 14.4. The van der Waals surface area contributed by atoms with E-state index in [1.165, 1.54) is 4.31 Å². The summed E-state index contributed by atoms with van der Waals surface area (Å²) in [5, 5.41) is 2.77. The lowest BCUT2D eigenvalue weighted by Gasteiger charge is -2.16. The van der Waals surface area contributed by atoms with Crippen LogP contribution in [-0.4, -0.2) is 51.0 Å². The summed E-state index contributed by atoms with van der Waals surface area (Å²) in [7, 11) is -3.42. The third-order valence-electron chi connectivity index (χ3n) is 4.90.